The van der Waals surface area contributed by atoms with Crippen molar-refractivity contribution in [3.63, 3.8) is 0 Å². The highest BCUT2D eigenvalue weighted by atomic mass is 32.2. The summed E-state index contributed by atoms with van der Waals surface area (Å²) in [5, 5.41) is 0. The van der Waals surface area contributed by atoms with E-state index in [1.807, 2.05) is 0 Å². The first-order valence-electron chi connectivity index (χ1n) is 6.28. The summed E-state index contributed by atoms with van der Waals surface area (Å²) in [5.41, 5.74) is 5.16. The third kappa shape index (κ3) is 3.50. The van der Waals surface area contributed by atoms with E-state index in [0.29, 0.717) is 6.42 Å². The molecule has 1 aromatic rings. The number of rotatable bonds is 4. The van der Waals surface area contributed by atoms with Crippen LogP contribution in [0.15, 0.2) is 29.2 Å². The van der Waals surface area contributed by atoms with Crippen molar-refractivity contribution >= 4 is 15.9 Å². The molecule has 1 unspecified atom stereocenters. The lowest BCUT2D eigenvalue weighted by Gasteiger charge is -2.22. The summed E-state index contributed by atoms with van der Waals surface area (Å²) >= 11 is 0. The van der Waals surface area contributed by atoms with Crippen LogP contribution < -0.4 is 10.5 Å². The van der Waals surface area contributed by atoms with Gasteiger partial charge >= 0.3 is 6.36 Å². The first-order chi connectivity index (χ1) is 10.1. The fraction of sp³-hybridized carbons (Fsp3) is 0.417. The van der Waals surface area contributed by atoms with E-state index in [0.717, 1.165) is 28.6 Å². The molecule has 1 heterocycles. The molecular formula is C12H13F3N2O4S. The maximum atomic E-state index is 12.4. The lowest BCUT2D eigenvalue weighted by molar-refractivity contribution is -0.274. The lowest BCUT2D eigenvalue weighted by atomic mass is 10.2. The normalized spacial score (nSPS) is 20.0. The number of sulfonamides is 1. The Balaban J connectivity index is 2.34. The summed E-state index contributed by atoms with van der Waals surface area (Å²) in [6, 6.07) is 3.02. The molecule has 1 saturated heterocycles. The topological polar surface area (TPSA) is 89.7 Å². The second kappa shape index (κ2) is 5.76. The first-order valence-corrected chi connectivity index (χ1v) is 7.72. The Kier molecular flexibility index (Phi) is 4.34. The Morgan fingerprint density at radius 2 is 2.05 bits per heavy atom. The predicted molar refractivity (Wildman–Crippen MR) is 69.2 cm³/mol. The molecule has 1 atom stereocenters. The molecule has 1 amide bonds. The summed E-state index contributed by atoms with van der Waals surface area (Å²) < 4.78 is 66.1. The van der Waals surface area contributed by atoms with Crippen LogP contribution >= 0.6 is 0 Å². The van der Waals surface area contributed by atoms with Crippen LogP contribution in [-0.4, -0.2) is 37.6 Å². The highest BCUT2D eigenvalue weighted by Gasteiger charge is 2.39. The molecule has 0 aromatic heterocycles. The molecule has 0 radical (unpaired) electrons. The summed E-state index contributed by atoms with van der Waals surface area (Å²) in [7, 11) is -4.13. The number of hydrogen-bond donors (Lipinski definition) is 1. The number of hydrogen-bond acceptors (Lipinski definition) is 4. The molecule has 0 aliphatic carbocycles. The van der Waals surface area contributed by atoms with Gasteiger partial charge in [-0.1, -0.05) is 6.07 Å². The fourth-order valence-electron chi connectivity index (χ4n) is 2.28. The number of carbonyl (C=O) groups excluding carboxylic acids is 1. The van der Waals surface area contributed by atoms with E-state index >= 15 is 0 Å². The molecule has 0 spiro atoms. The lowest BCUT2D eigenvalue weighted by Crippen LogP contribution is -2.43. The van der Waals surface area contributed by atoms with Crippen molar-refractivity contribution in [1.29, 1.82) is 0 Å². The Labute approximate surface area is 124 Å². The highest BCUT2D eigenvalue weighted by Crippen LogP contribution is 2.29. The molecule has 0 saturated carbocycles. The minimum absolute atomic E-state index is 0.0836. The van der Waals surface area contributed by atoms with E-state index in [1.165, 1.54) is 0 Å². The third-order valence-corrected chi connectivity index (χ3v) is 5.08. The van der Waals surface area contributed by atoms with E-state index in [4.69, 9.17) is 5.73 Å². The second-order valence-corrected chi connectivity index (χ2v) is 6.59. The van der Waals surface area contributed by atoms with Gasteiger partial charge in [-0.05, 0) is 25.0 Å². The Bertz CT molecular complexity index is 675. The van der Waals surface area contributed by atoms with Crippen molar-refractivity contribution in [3.8, 4) is 5.75 Å². The van der Waals surface area contributed by atoms with Crippen LogP contribution in [0.4, 0.5) is 13.2 Å². The van der Waals surface area contributed by atoms with Crippen LogP contribution in [-0.2, 0) is 14.8 Å². The molecule has 22 heavy (non-hydrogen) atoms. The van der Waals surface area contributed by atoms with Crippen LogP contribution in [0, 0.1) is 0 Å². The van der Waals surface area contributed by atoms with E-state index in [1.54, 1.807) is 0 Å². The van der Waals surface area contributed by atoms with E-state index in [2.05, 4.69) is 4.74 Å². The van der Waals surface area contributed by atoms with Crippen LogP contribution in [0.5, 0.6) is 5.75 Å². The summed E-state index contributed by atoms with van der Waals surface area (Å²) in [4.78, 5) is 10.9. The van der Waals surface area contributed by atoms with Gasteiger partial charge in [0.05, 0.1) is 4.90 Å². The average Bonchev–Trinajstić information content (AvgIpc) is 2.87. The molecule has 2 rings (SSSR count). The maximum Gasteiger partial charge on any atom is 0.573 e. The van der Waals surface area contributed by atoms with Crippen molar-refractivity contribution in [1.82, 2.24) is 4.31 Å². The van der Waals surface area contributed by atoms with Gasteiger partial charge in [-0.2, -0.15) is 4.31 Å². The number of carbonyl (C=O) groups is 1. The molecule has 6 nitrogen and oxygen atoms in total. The SMILES string of the molecule is NC(=O)C1CCCN1S(=O)(=O)c1cccc(OC(F)(F)F)c1. The second-order valence-electron chi connectivity index (χ2n) is 4.70. The molecule has 1 aliphatic rings. The van der Waals surface area contributed by atoms with E-state index in [9.17, 15) is 26.4 Å². The van der Waals surface area contributed by atoms with Crippen molar-refractivity contribution in [2.75, 3.05) is 6.54 Å². The number of halogens is 3. The third-order valence-electron chi connectivity index (χ3n) is 3.18. The molecule has 2 N–H and O–H groups in total. The number of nitrogens with zero attached hydrogens (tertiary/aromatic N) is 1. The van der Waals surface area contributed by atoms with Gasteiger partial charge in [-0.15, -0.1) is 13.2 Å². The van der Waals surface area contributed by atoms with Gasteiger partial charge < -0.3 is 10.5 Å². The fourth-order valence-corrected chi connectivity index (χ4v) is 3.98. The average molecular weight is 338 g/mol. The van der Waals surface area contributed by atoms with E-state index < -0.39 is 34.1 Å². The van der Waals surface area contributed by atoms with Crippen molar-refractivity contribution in [2.24, 2.45) is 5.73 Å². The van der Waals surface area contributed by atoms with Gasteiger partial charge in [-0.3, -0.25) is 4.79 Å². The molecule has 1 fully saturated rings. The smallest absolute Gasteiger partial charge is 0.406 e. The summed E-state index contributed by atoms with van der Waals surface area (Å²) in [6.07, 6.45) is -4.19. The quantitative estimate of drug-likeness (QED) is 0.894. The maximum absolute atomic E-state index is 12.4. The number of ether oxygens (including phenoxy) is 1. The zero-order valence-corrected chi connectivity index (χ0v) is 12.0. The number of nitrogens with two attached hydrogens (primary N) is 1. The zero-order valence-electron chi connectivity index (χ0n) is 11.2. The zero-order chi connectivity index (χ0) is 16.5. The van der Waals surface area contributed by atoms with Crippen LogP contribution in [0.1, 0.15) is 12.8 Å². The van der Waals surface area contributed by atoms with Crippen molar-refractivity contribution < 1.29 is 31.1 Å². The summed E-state index contributed by atoms with van der Waals surface area (Å²) in [5.74, 6) is -1.44. The molecule has 122 valence electrons. The minimum atomic E-state index is -4.92. The molecule has 1 aliphatic heterocycles. The van der Waals surface area contributed by atoms with Gasteiger partial charge in [0.15, 0.2) is 0 Å². The molecule has 1 aromatic carbocycles. The predicted octanol–water partition coefficient (Wildman–Crippen LogP) is 1.22. The number of alkyl halides is 3. The number of amides is 1. The van der Waals surface area contributed by atoms with Gasteiger partial charge in [0.2, 0.25) is 15.9 Å². The van der Waals surface area contributed by atoms with Gasteiger partial charge in [0, 0.05) is 12.6 Å². The first kappa shape index (κ1) is 16.6. The number of benzene rings is 1. The standard InChI is InChI=1S/C12H13F3N2O4S/c13-12(14,15)21-8-3-1-4-9(7-8)22(19,20)17-6-2-5-10(17)11(16)18/h1,3-4,7,10H,2,5-6H2,(H2,16,18). The minimum Gasteiger partial charge on any atom is -0.406 e. The molecular weight excluding hydrogens is 325 g/mol. The monoisotopic (exact) mass is 338 g/mol. The largest absolute Gasteiger partial charge is 0.573 e. The Morgan fingerprint density at radius 1 is 1.36 bits per heavy atom. The highest BCUT2D eigenvalue weighted by molar-refractivity contribution is 7.89. The van der Waals surface area contributed by atoms with Crippen molar-refractivity contribution in [2.45, 2.75) is 30.1 Å². The molecule has 10 heteroatoms. The van der Waals surface area contributed by atoms with Gasteiger partial charge in [0.25, 0.3) is 0 Å². The van der Waals surface area contributed by atoms with Crippen molar-refractivity contribution in [3.05, 3.63) is 24.3 Å². The number of primary amides is 1. The summed E-state index contributed by atoms with van der Waals surface area (Å²) in [6.45, 7) is 0.0836. The molecule has 0 bridgehead atoms. The van der Waals surface area contributed by atoms with Crippen LogP contribution in [0.25, 0.3) is 0 Å². The van der Waals surface area contributed by atoms with Crippen LogP contribution in [0.3, 0.4) is 0 Å². The Hall–Kier alpha value is -1.81. The Morgan fingerprint density at radius 3 is 2.64 bits per heavy atom. The van der Waals surface area contributed by atoms with Gasteiger partial charge in [-0.25, -0.2) is 8.42 Å². The van der Waals surface area contributed by atoms with E-state index in [-0.39, 0.29) is 17.9 Å². The van der Waals surface area contributed by atoms with Crippen LogP contribution in [0.2, 0.25) is 0 Å². The van der Waals surface area contributed by atoms with Gasteiger partial charge in [0.1, 0.15) is 11.8 Å².